The summed E-state index contributed by atoms with van der Waals surface area (Å²) >= 11 is 0. The van der Waals surface area contributed by atoms with Gasteiger partial charge in [0.25, 0.3) is 0 Å². The minimum absolute atomic E-state index is 0.205. The number of hydrogen-bond donors (Lipinski definition) is 2. The van der Waals surface area contributed by atoms with Gasteiger partial charge in [0, 0.05) is 6.20 Å². The van der Waals surface area contributed by atoms with Crippen molar-refractivity contribution in [1.29, 1.82) is 0 Å². The molecule has 0 fully saturated rings. The van der Waals surface area contributed by atoms with Crippen LogP contribution in [0.15, 0.2) is 48.9 Å². The fraction of sp³-hybridized carbons (Fsp3) is 0.118. The van der Waals surface area contributed by atoms with Gasteiger partial charge in [-0.2, -0.15) is 13.2 Å². The number of aryl methyl sites for hydroxylation is 1. The number of nitrogens with one attached hydrogen (secondary N) is 2. The van der Waals surface area contributed by atoms with Crippen molar-refractivity contribution in [2.45, 2.75) is 13.1 Å². The third-order valence-corrected chi connectivity index (χ3v) is 3.65. The van der Waals surface area contributed by atoms with Crippen molar-refractivity contribution in [3.05, 3.63) is 70.2 Å². The van der Waals surface area contributed by atoms with E-state index in [0.29, 0.717) is 0 Å². The molecule has 28 heavy (non-hydrogen) atoms. The summed E-state index contributed by atoms with van der Waals surface area (Å²) in [6.07, 6.45) is -2.09. The quantitative estimate of drug-likeness (QED) is 0.485. The number of rotatable bonds is 5. The number of halogens is 3. The molecule has 8 nitrogen and oxygen atoms in total. The second kappa shape index (κ2) is 7.47. The Hall–Kier alpha value is -3.76. The first kappa shape index (κ1) is 19.0. The van der Waals surface area contributed by atoms with Gasteiger partial charge in [0.2, 0.25) is 11.6 Å². The number of hydrogen-bond acceptors (Lipinski definition) is 7. The van der Waals surface area contributed by atoms with Gasteiger partial charge in [-0.05, 0) is 30.7 Å². The van der Waals surface area contributed by atoms with Crippen LogP contribution in [-0.2, 0) is 6.18 Å². The summed E-state index contributed by atoms with van der Waals surface area (Å²) in [5.41, 5.74) is -1.07. The highest BCUT2D eigenvalue weighted by molar-refractivity contribution is 5.77. The maximum atomic E-state index is 13.2. The second-order valence-corrected chi connectivity index (χ2v) is 5.69. The van der Waals surface area contributed by atoms with Crippen LogP contribution in [0.2, 0.25) is 0 Å². The van der Waals surface area contributed by atoms with Gasteiger partial charge in [-0.3, -0.25) is 10.1 Å². The first-order chi connectivity index (χ1) is 13.3. The van der Waals surface area contributed by atoms with Gasteiger partial charge in [-0.15, -0.1) is 0 Å². The van der Waals surface area contributed by atoms with Crippen molar-refractivity contribution in [2.24, 2.45) is 0 Å². The number of pyridine rings is 1. The molecule has 2 heterocycles. The van der Waals surface area contributed by atoms with Crippen molar-refractivity contribution in [2.75, 3.05) is 10.6 Å². The minimum Gasteiger partial charge on any atom is -0.334 e. The minimum atomic E-state index is -4.64. The molecule has 3 aromatic rings. The molecular weight excluding hydrogens is 377 g/mol. The third-order valence-electron chi connectivity index (χ3n) is 3.65. The molecule has 0 bridgehead atoms. The fourth-order valence-corrected chi connectivity index (χ4v) is 2.36. The first-order valence-corrected chi connectivity index (χ1v) is 7.88. The molecule has 0 spiro atoms. The van der Waals surface area contributed by atoms with Crippen LogP contribution in [0, 0.1) is 17.0 Å². The topological polar surface area (TPSA) is 106 Å². The molecule has 144 valence electrons. The average Bonchev–Trinajstić information content (AvgIpc) is 2.63. The zero-order valence-corrected chi connectivity index (χ0v) is 14.4. The van der Waals surface area contributed by atoms with E-state index in [0.717, 1.165) is 24.0 Å². The molecule has 0 aliphatic heterocycles. The van der Waals surface area contributed by atoms with E-state index >= 15 is 0 Å². The smallest absolute Gasteiger partial charge is 0.334 e. The Balaban J connectivity index is 2.01. The Morgan fingerprint density at radius 3 is 2.29 bits per heavy atom. The lowest BCUT2D eigenvalue weighted by molar-refractivity contribution is -0.383. The highest BCUT2D eigenvalue weighted by Crippen LogP contribution is 2.38. The summed E-state index contributed by atoms with van der Waals surface area (Å²) in [4.78, 5) is 22.4. The zero-order valence-electron chi connectivity index (χ0n) is 14.4. The number of anilines is 4. The predicted molar refractivity (Wildman–Crippen MR) is 95.7 cm³/mol. The van der Waals surface area contributed by atoms with Crippen LogP contribution in [0.5, 0.6) is 0 Å². The maximum Gasteiger partial charge on any atom is 0.418 e. The van der Waals surface area contributed by atoms with Crippen LogP contribution in [0.3, 0.4) is 0 Å². The van der Waals surface area contributed by atoms with Gasteiger partial charge in [-0.25, -0.2) is 15.0 Å². The van der Waals surface area contributed by atoms with Crippen LogP contribution in [0.1, 0.15) is 11.1 Å². The number of alkyl halides is 3. The fourth-order valence-electron chi connectivity index (χ4n) is 2.36. The van der Waals surface area contributed by atoms with Gasteiger partial charge in [0.05, 0.1) is 16.2 Å². The van der Waals surface area contributed by atoms with Crippen LogP contribution in [0.25, 0.3) is 0 Å². The Kier molecular flexibility index (Phi) is 5.07. The van der Waals surface area contributed by atoms with Crippen LogP contribution >= 0.6 is 0 Å². The zero-order chi connectivity index (χ0) is 20.3. The monoisotopic (exact) mass is 390 g/mol. The van der Waals surface area contributed by atoms with E-state index in [2.05, 4.69) is 25.6 Å². The number of para-hydroxylation sites is 1. The normalized spacial score (nSPS) is 11.1. The van der Waals surface area contributed by atoms with Gasteiger partial charge in [-0.1, -0.05) is 18.2 Å². The molecular formula is C17H13F3N6O2. The maximum absolute atomic E-state index is 13.2. The van der Waals surface area contributed by atoms with Crippen molar-refractivity contribution in [3.63, 3.8) is 0 Å². The molecule has 1 aromatic carbocycles. The molecule has 0 aliphatic carbocycles. The first-order valence-electron chi connectivity index (χ1n) is 7.88. The Labute approximate surface area is 156 Å². The molecule has 0 aliphatic rings. The molecule has 0 unspecified atom stereocenters. The van der Waals surface area contributed by atoms with Gasteiger partial charge in [0.15, 0.2) is 0 Å². The van der Waals surface area contributed by atoms with Crippen molar-refractivity contribution in [3.8, 4) is 0 Å². The van der Waals surface area contributed by atoms with E-state index < -0.39 is 22.4 Å². The van der Waals surface area contributed by atoms with Crippen molar-refractivity contribution < 1.29 is 18.1 Å². The summed E-state index contributed by atoms with van der Waals surface area (Å²) in [7, 11) is 0. The lowest BCUT2D eigenvalue weighted by Gasteiger charge is -2.14. The molecule has 2 aromatic heterocycles. The lowest BCUT2D eigenvalue weighted by Crippen LogP contribution is -2.11. The summed E-state index contributed by atoms with van der Waals surface area (Å²) in [5, 5.41) is 16.6. The van der Waals surface area contributed by atoms with Gasteiger partial charge >= 0.3 is 11.9 Å². The molecule has 0 radical (unpaired) electrons. The highest BCUT2D eigenvalue weighted by Gasteiger charge is 2.34. The Bertz CT molecular complexity index is 1010. The van der Waals surface area contributed by atoms with Crippen LogP contribution in [-0.4, -0.2) is 19.9 Å². The van der Waals surface area contributed by atoms with Crippen molar-refractivity contribution >= 4 is 28.8 Å². The molecule has 2 N–H and O–H groups in total. The molecule has 0 saturated heterocycles. The molecule has 3 rings (SSSR count). The number of nitro groups is 1. The van der Waals surface area contributed by atoms with Crippen molar-refractivity contribution in [1.82, 2.24) is 15.0 Å². The number of benzene rings is 1. The molecule has 0 saturated carbocycles. The summed E-state index contributed by atoms with van der Waals surface area (Å²) in [6.45, 7) is 1.82. The van der Waals surface area contributed by atoms with Gasteiger partial charge in [0.1, 0.15) is 12.1 Å². The third kappa shape index (κ3) is 4.14. The summed E-state index contributed by atoms with van der Waals surface area (Å²) < 4.78 is 39.5. The van der Waals surface area contributed by atoms with Crippen LogP contribution in [0.4, 0.5) is 42.0 Å². The van der Waals surface area contributed by atoms with E-state index in [1.807, 2.05) is 6.92 Å². The standard InChI is InChI=1S/C17H13F3N6O2/c1-10-6-7-13(21-8-10)25-16-14(26(27)28)15(22-9-23-16)24-12-5-3-2-4-11(12)17(18,19)20/h2-9H,1H3,(H2,21,22,23,24,25). The number of nitrogens with zero attached hydrogens (tertiary/aromatic N) is 4. The van der Waals surface area contributed by atoms with E-state index in [4.69, 9.17) is 0 Å². The highest BCUT2D eigenvalue weighted by atomic mass is 19.4. The summed E-state index contributed by atoms with van der Waals surface area (Å²) in [6, 6.07) is 7.95. The lowest BCUT2D eigenvalue weighted by atomic mass is 10.1. The Morgan fingerprint density at radius 1 is 1.00 bits per heavy atom. The molecule has 0 atom stereocenters. The van der Waals surface area contributed by atoms with E-state index in [9.17, 15) is 23.3 Å². The largest absolute Gasteiger partial charge is 0.418 e. The predicted octanol–water partition coefficient (Wildman–Crippen LogP) is 4.59. The van der Waals surface area contributed by atoms with E-state index in [-0.39, 0.29) is 23.1 Å². The number of aromatic nitrogens is 3. The summed E-state index contributed by atoms with van der Waals surface area (Å²) in [5.74, 6) is -0.302. The van der Waals surface area contributed by atoms with Gasteiger partial charge < -0.3 is 10.6 Å². The SMILES string of the molecule is Cc1ccc(Nc2ncnc(Nc3ccccc3C(F)(F)F)c2[N+](=O)[O-])nc1. The average molecular weight is 390 g/mol. The second-order valence-electron chi connectivity index (χ2n) is 5.69. The molecule has 0 amide bonds. The van der Waals surface area contributed by atoms with E-state index in [1.54, 1.807) is 18.3 Å². The van der Waals surface area contributed by atoms with E-state index in [1.165, 1.54) is 12.1 Å². The van der Waals surface area contributed by atoms with Crippen LogP contribution < -0.4 is 10.6 Å². The molecule has 11 heteroatoms. The Morgan fingerprint density at radius 2 is 1.68 bits per heavy atom.